The fourth-order valence-electron chi connectivity index (χ4n) is 3.50. The lowest BCUT2D eigenvalue weighted by atomic mass is 10.2. The highest BCUT2D eigenvalue weighted by Gasteiger charge is 2.24. The topological polar surface area (TPSA) is 125 Å². The molecule has 10 nitrogen and oxygen atoms in total. The van der Waals surface area contributed by atoms with Crippen molar-refractivity contribution in [3.63, 3.8) is 0 Å². The van der Waals surface area contributed by atoms with Gasteiger partial charge in [-0.25, -0.2) is 19.3 Å². The van der Waals surface area contributed by atoms with Crippen LogP contribution in [0, 0.1) is 24.9 Å². The molecule has 0 aliphatic heterocycles. The molecule has 0 bridgehead atoms. The van der Waals surface area contributed by atoms with Gasteiger partial charge in [-0.15, -0.1) is 0 Å². The maximum Gasteiger partial charge on any atom is 0.262 e. The predicted octanol–water partition coefficient (Wildman–Crippen LogP) is 4.03. The number of aromatic nitrogens is 6. The normalized spacial score (nSPS) is 10.7. The Morgan fingerprint density at radius 1 is 1.17 bits per heavy atom. The molecule has 174 valence electrons. The number of amides is 1. The molecule has 0 aliphatic rings. The van der Waals surface area contributed by atoms with Crippen LogP contribution in [0.15, 0.2) is 42.9 Å². The smallest absolute Gasteiger partial charge is 0.262 e. The fraction of sp³-hybridized carbons (Fsp3) is 0.125. The number of hydrogen-bond donors (Lipinski definition) is 3. The third kappa shape index (κ3) is 4.20. The number of carbonyl (C=O) groups excluding carboxylic acids is 1. The molecule has 3 N–H and O–H groups in total. The van der Waals surface area contributed by atoms with E-state index in [-0.39, 0.29) is 23.0 Å². The van der Waals surface area contributed by atoms with Crippen molar-refractivity contribution >= 4 is 28.4 Å². The number of ether oxygens (including phenoxy) is 1. The molecule has 0 unspecified atom stereocenters. The van der Waals surface area contributed by atoms with E-state index in [0.29, 0.717) is 28.1 Å². The van der Waals surface area contributed by atoms with Crippen molar-refractivity contribution in [3.8, 4) is 23.0 Å². The van der Waals surface area contributed by atoms with Gasteiger partial charge in [0.2, 0.25) is 5.88 Å². The zero-order valence-electron chi connectivity index (χ0n) is 19.0. The molecule has 1 aromatic carbocycles. The minimum absolute atomic E-state index is 0.0209. The van der Waals surface area contributed by atoms with Gasteiger partial charge in [-0.3, -0.25) is 9.89 Å². The summed E-state index contributed by atoms with van der Waals surface area (Å²) in [7, 11) is 3.17. The van der Waals surface area contributed by atoms with Crippen LogP contribution in [0.2, 0.25) is 0 Å². The second kappa shape index (κ2) is 8.75. The Bertz CT molecular complexity index is 1530. The molecule has 4 heterocycles. The molecule has 0 fully saturated rings. The number of fused-ring (bicyclic) bond motifs is 1. The Hall–Kier alpha value is -4.98. The molecule has 4 aromatic heterocycles. The summed E-state index contributed by atoms with van der Waals surface area (Å²) in [6.45, 7) is 1.83. The van der Waals surface area contributed by atoms with Gasteiger partial charge in [-0.1, -0.05) is 6.07 Å². The van der Waals surface area contributed by atoms with Gasteiger partial charge in [-0.05, 0) is 31.2 Å². The molecule has 1 amide bonds. The number of benzene rings is 1. The Balaban J connectivity index is 1.52. The Morgan fingerprint density at radius 3 is 2.80 bits per heavy atom. The van der Waals surface area contributed by atoms with E-state index in [1.807, 2.05) is 6.92 Å². The number of H-pyrrole nitrogens is 2. The lowest BCUT2D eigenvalue weighted by Crippen LogP contribution is -2.24. The first-order chi connectivity index (χ1) is 16.9. The van der Waals surface area contributed by atoms with E-state index >= 15 is 4.39 Å². The van der Waals surface area contributed by atoms with E-state index in [9.17, 15) is 4.79 Å². The average molecular weight is 470 g/mol. The molecule has 0 saturated heterocycles. The van der Waals surface area contributed by atoms with Crippen molar-refractivity contribution in [2.45, 2.75) is 6.92 Å². The summed E-state index contributed by atoms with van der Waals surface area (Å²) in [4.78, 5) is 30.0. The minimum atomic E-state index is -0.565. The maximum atomic E-state index is 15.1. The molecule has 0 aliphatic carbocycles. The van der Waals surface area contributed by atoms with E-state index in [4.69, 9.17) is 4.74 Å². The van der Waals surface area contributed by atoms with Crippen molar-refractivity contribution < 1.29 is 13.9 Å². The van der Waals surface area contributed by atoms with Crippen LogP contribution in [-0.2, 0) is 0 Å². The number of rotatable bonds is 6. The SMILES string of the molecule is Cc1cc2c(F)c(Oc3ncnc(Nc4cc(-c5cc#ccn5)[nH]n4)c3C(=O)N(C)C)ccc2[nH]1. The van der Waals surface area contributed by atoms with Gasteiger partial charge in [0, 0.05) is 42.8 Å². The molecule has 11 heteroatoms. The standard InChI is InChI=1S/C24H19FN8O2/c1-13-10-14-15(29-13)7-8-18(21(14)25)35-23-20(24(34)33(2)3)22(27-12-28-23)30-19-11-17(31-32-19)16-6-4-5-9-26-16/h6-12,29H,1-3H3,(H2,27,28,30,31,32). The van der Waals surface area contributed by atoms with Crippen LogP contribution >= 0.6 is 0 Å². The molecule has 0 saturated carbocycles. The van der Waals surface area contributed by atoms with Crippen LogP contribution in [0.3, 0.4) is 0 Å². The number of anilines is 2. The molecule has 0 spiro atoms. The van der Waals surface area contributed by atoms with E-state index in [1.54, 1.807) is 38.4 Å². The van der Waals surface area contributed by atoms with E-state index < -0.39 is 11.7 Å². The quantitative estimate of drug-likeness (QED) is 0.342. The molecular weight excluding hydrogens is 451 g/mol. The first kappa shape index (κ1) is 21.8. The average Bonchev–Trinajstić information content (AvgIpc) is 3.48. The zero-order valence-corrected chi connectivity index (χ0v) is 19.0. The van der Waals surface area contributed by atoms with Crippen LogP contribution in [0.4, 0.5) is 16.0 Å². The summed E-state index contributed by atoms with van der Waals surface area (Å²) in [6.07, 6.45) is 2.72. The van der Waals surface area contributed by atoms with E-state index in [0.717, 1.165) is 5.69 Å². The highest BCUT2D eigenvalue weighted by molar-refractivity contribution is 6.01. The largest absolute Gasteiger partial charge is 0.435 e. The van der Waals surface area contributed by atoms with Crippen LogP contribution < -0.4 is 10.1 Å². The number of halogens is 1. The van der Waals surface area contributed by atoms with Crippen molar-refractivity contribution in [1.82, 2.24) is 35.0 Å². The second-order valence-corrected chi connectivity index (χ2v) is 7.86. The van der Waals surface area contributed by atoms with E-state index in [2.05, 4.69) is 47.6 Å². The van der Waals surface area contributed by atoms with Crippen LogP contribution in [0.25, 0.3) is 22.3 Å². The molecule has 35 heavy (non-hydrogen) atoms. The van der Waals surface area contributed by atoms with Crippen LogP contribution in [-0.4, -0.2) is 55.0 Å². The third-order valence-electron chi connectivity index (χ3n) is 5.14. The second-order valence-electron chi connectivity index (χ2n) is 7.86. The molecule has 0 atom stereocenters. The summed E-state index contributed by atoms with van der Waals surface area (Å²) in [5, 5.41) is 10.5. The number of aromatic amines is 2. The van der Waals surface area contributed by atoms with Gasteiger partial charge in [0.15, 0.2) is 23.2 Å². The third-order valence-corrected chi connectivity index (χ3v) is 5.14. The summed E-state index contributed by atoms with van der Waals surface area (Å²) in [5.41, 5.74) is 2.72. The summed E-state index contributed by atoms with van der Waals surface area (Å²) >= 11 is 0. The Morgan fingerprint density at radius 2 is 2.03 bits per heavy atom. The van der Waals surface area contributed by atoms with Gasteiger partial charge in [0.05, 0.1) is 17.6 Å². The Labute approximate surface area is 199 Å². The van der Waals surface area contributed by atoms with Crippen molar-refractivity contribution in [1.29, 1.82) is 0 Å². The van der Waals surface area contributed by atoms with E-state index in [1.165, 1.54) is 23.5 Å². The minimum Gasteiger partial charge on any atom is -0.435 e. The lowest BCUT2D eigenvalue weighted by Gasteiger charge is -2.17. The fourth-order valence-corrected chi connectivity index (χ4v) is 3.50. The van der Waals surface area contributed by atoms with Crippen molar-refractivity contribution in [2.75, 3.05) is 19.4 Å². The van der Waals surface area contributed by atoms with Crippen LogP contribution in [0.5, 0.6) is 11.6 Å². The summed E-state index contributed by atoms with van der Waals surface area (Å²) < 4.78 is 21.0. The lowest BCUT2D eigenvalue weighted by molar-refractivity contribution is 0.0825. The number of hydrogen-bond acceptors (Lipinski definition) is 7. The highest BCUT2D eigenvalue weighted by atomic mass is 19.1. The first-order valence-electron chi connectivity index (χ1n) is 10.5. The Kier molecular flexibility index (Phi) is 5.46. The molecule has 5 aromatic rings. The highest BCUT2D eigenvalue weighted by Crippen LogP contribution is 2.33. The van der Waals surface area contributed by atoms with Gasteiger partial charge >= 0.3 is 0 Å². The summed E-state index contributed by atoms with van der Waals surface area (Å²) in [5.74, 6) is -0.650. The van der Waals surface area contributed by atoms with Gasteiger partial charge in [0.1, 0.15) is 11.9 Å². The van der Waals surface area contributed by atoms with Gasteiger partial charge in [-0.2, -0.15) is 5.10 Å². The predicted molar refractivity (Wildman–Crippen MR) is 126 cm³/mol. The molecule has 5 rings (SSSR count). The van der Waals surface area contributed by atoms with Crippen molar-refractivity contribution in [2.24, 2.45) is 0 Å². The number of nitrogens with one attached hydrogen (secondary N) is 3. The zero-order chi connectivity index (χ0) is 24.5. The monoisotopic (exact) mass is 470 g/mol. The number of carbonyl (C=O) groups is 1. The molecular formula is C24H19FN8O2. The first-order valence-corrected chi connectivity index (χ1v) is 10.5. The van der Waals surface area contributed by atoms with Gasteiger partial charge < -0.3 is 19.9 Å². The van der Waals surface area contributed by atoms with Crippen molar-refractivity contribution in [3.05, 3.63) is 72.1 Å². The van der Waals surface area contributed by atoms with Gasteiger partial charge in [0.25, 0.3) is 5.91 Å². The number of nitrogens with zero attached hydrogens (tertiary/aromatic N) is 5. The molecule has 0 radical (unpaired) electrons. The maximum absolute atomic E-state index is 15.1. The van der Waals surface area contributed by atoms with Crippen LogP contribution in [0.1, 0.15) is 16.1 Å². The summed E-state index contributed by atoms with van der Waals surface area (Å²) in [6, 6.07) is 13.8. The number of aryl methyl sites for hydroxylation is 1.